The second kappa shape index (κ2) is 6.51. The van der Waals surface area contributed by atoms with E-state index in [0.29, 0.717) is 10.0 Å². The molecular formula is C17H19N3O2S2. The first-order valence-corrected chi connectivity index (χ1v) is 9.43. The van der Waals surface area contributed by atoms with Crippen molar-refractivity contribution in [3.8, 4) is 0 Å². The fourth-order valence-corrected chi connectivity index (χ4v) is 3.93. The van der Waals surface area contributed by atoms with Crippen LogP contribution >= 0.6 is 12.2 Å². The molecule has 2 aromatic carbocycles. The first-order valence-electron chi connectivity index (χ1n) is 7.58. The number of fused-ring (bicyclic) bond motifs is 1. The molecule has 24 heavy (non-hydrogen) atoms. The Kier molecular flexibility index (Phi) is 4.58. The van der Waals surface area contributed by atoms with Crippen LogP contribution in [0.2, 0.25) is 0 Å². The fourth-order valence-electron chi connectivity index (χ4n) is 2.67. The lowest BCUT2D eigenvalue weighted by Crippen LogP contribution is -2.33. The number of thiocarbonyl (C=S) groups is 1. The number of nitrogens with zero attached hydrogens (tertiary/aromatic N) is 2. The van der Waals surface area contributed by atoms with Gasteiger partial charge in [0.15, 0.2) is 5.11 Å². The van der Waals surface area contributed by atoms with Gasteiger partial charge < -0.3 is 10.2 Å². The Labute approximate surface area is 147 Å². The van der Waals surface area contributed by atoms with Gasteiger partial charge in [0.25, 0.3) is 0 Å². The number of anilines is 2. The molecule has 126 valence electrons. The quantitative estimate of drug-likeness (QED) is 0.852. The topological polar surface area (TPSA) is 52.7 Å². The lowest BCUT2D eigenvalue weighted by molar-refractivity contribution is 0.520. The molecule has 0 amide bonds. The van der Waals surface area contributed by atoms with Crippen molar-refractivity contribution in [1.82, 2.24) is 4.31 Å². The number of hydrogen-bond donors (Lipinski definition) is 1. The molecule has 0 atom stereocenters. The lowest BCUT2D eigenvalue weighted by atomic mass is 10.2. The van der Waals surface area contributed by atoms with E-state index < -0.39 is 10.0 Å². The molecule has 0 spiro atoms. The van der Waals surface area contributed by atoms with Gasteiger partial charge in [-0.3, -0.25) is 0 Å². The highest BCUT2D eigenvalue weighted by molar-refractivity contribution is 7.89. The number of nitrogens with one attached hydrogen (secondary N) is 1. The summed E-state index contributed by atoms with van der Waals surface area (Å²) in [6.07, 6.45) is 0.767. The van der Waals surface area contributed by atoms with E-state index >= 15 is 0 Å². The van der Waals surface area contributed by atoms with Crippen molar-refractivity contribution < 1.29 is 8.42 Å². The van der Waals surface area contributed by atoms with Crippen LogP contribution in [0.1, 0.15) is 5.56 Å². The summed E-state index contributed by atoms with van der Waals surface area (Å²) < 4.78 is 25.8. The molecule has 0 saturated carbocycles. The van der Waals surface area contributed by atoms with E-state index in [-0.39, 0.29) is 0 Å². The number of rotatable bonds is 3. The average molecular weight is 361 g/mol. The Bertz CT molecular complexity index is 865. The molecule has 0 bridgehead atoms. The average Bonchev–Trinajstić information content (AvgIpc) is 2.98. The minimum atomic E-state index is -3.42. The smallest absolute Gasteiger partial charge is 0.242 e. The Balaban J connectivity index is 1.84. The molecule has 5 nitrogen and oxygen atoms in total. The molecule has 7 heteroatoms. The van der Waals surface area contributed by atoms with Crippen LogP contribution in [0.5, 0.6) is 0 Å². The third kappa shape index (κ3) is 3.15. The van der Waals surface area contributed by atoms with E-state index in [0.717, 1.165) is 29.9 Å². The highest BCUT2D eigenvalue weighted by atomic mass is 32.2. The van der Waals surface area contributed by atoms with Crippen LogP contribution in [0.15, 0.2) is 53.4 Å². The summed E-state index contributed by atoms with van der Waals surface area (Å²) in [6.45, 7) is 0.736. The Morgan fingerprint density at radius 3 is 2.54 bits per heavy atom. The standard InChI is InChI=1S/C17H19N3O2S2/c1-19(2)24(21,22)15-8-9-16-13(12-15)10-11-20(16)17(23)18-14-6-4-3-5-7-14/h3-9,12H,10-11H2,1-2H3,(H,18,23). The van der Waals surface area contributed by atoms with Gasteiger partial charge in [0.1, 0.15) is 0 Å². The van der Waals surface area contributed by atoms with Gasteiger partial charge in [0.05, 0.1) is 4.90 Å². The van der Waals surface area contributed by atoms with Crippen molar-refractivity contribution in [2.75, 3.05) is 30.9 Å². The van der Waals surface area contributed by atoms with E-state index in [2.05, 4.69) is 5.32 Å². The van der Waals surface area contributed by atoms with Gasteiger partial charge in [0.2, 0.25) is 10.0 Å². The summed E-state index contributed by atoms with van der Waals surface area (Å²) in [7, 11) is -0.347. The summed E-state index contributed by atoms with van der Waals surface area (Å²) in [5.41, 5.74) is 2.89. The molecule has 0 fully saturated rings. The van der Waals surface area contributed by atoms with Crippen molar-refractivity contribution in [3.05, 3.63) is 54.1 Å². The van der Waals surface area contributed by atoms with Gasteiger partial charge in [-0.05, 0) is 54.5 Å². The maximum absolute atomic E-state index is 12.3. The number of benzene rings is 2. The maximum atomic E-state index is 12.3. The molecule has 1 aliphatic heterocycles. The third-order valence-corrected chi connectivity index (χ3v) is 6.13. The van der Waals surface area contributed by atoms with Crippen LogP contribution in [0, 0.1) is 0 Å². The van der Waals surface area contributed by atoms with Gasteiger partial charge in [-0.25, -0.2) is 12.7 Å². The van der Waals surface area contributed by atoms with Gasteiger partial charge in [-0.2, -0.15) is 0 Å². The van der Waals surface area contributed by atoms with E-state index in [4.69, 9.17) is 12.2 Å². The molecule has 3 rings (SSSR count). The van der Waals surface area contributed by atoms with E-state index in [1.165, 1.54) is 18.4 Å². The van der Waals surface area contributed by atoms with Crippen LogP contribution in [-0.4, -0.2) is 38.5 Å². The molecule has 2 aromatic rings. The summed E-state index contributed by atoms with van der Waals surface area (Å²) in [5, 5.41) is 3.83. The molecule has 1 N–H and O–H groups in total. The monoisotopic (exact) mass is 361 g/mol. The zero-order chi connectivity index (χ0) is 17.3. The van der Waals surface area contributed by atoms with Crippen LogP contribution < -0.4 is 10.2 Å². The lowest BCUT2D eigenvalue weighted by Gasteiger charge is -2.21. The summed E-state index contributed by atoms with van der Waals surface area (Å²) in [4.78, 5) is 2.32. The molecular weight excluding hydrogens is 342 g/mol. The number of hydrogen-bond acceptors (Lipinski definition) is 3. The second-order valence-electron chi connectivity index (χ2n) is 5.78. The molecule has 0 unspecified atom stereocenters. The van der Waals surface area contributed by atoms with Gasteiger partial charge in [-0.1, -0.05) is 18.2 Å². The van der Waals surface area contributed by atoms with Crippen molar-refractivity contribution in [1.29, 1.82) is 0 Å². The summed E-state index contributed by atoms with van der Waals surface area (Å²) in [6, 6.07) is 15.0. The van der Waals surface area contributed by atoms with Crippen LogP contribution in [0.3, 0.4) is 0 Å². The zero-order valence-electron chi connectivity index (χ0n) is 13.6. The highest BCUT2D eigenvalue weighted by Crippen LogP contribution is 2.31. The van der Waals surface area contributed by atoms with E-state index in [1.807, 2.05) is 41.3 Å². The minimum Gasteiger partial charge on any atom is -0.332 e. The normalized spacial score (nSPS) is 13.9. The molecule has 1 heterocycles. The van der Waals surface area contributed by atoms with Crippen LogP contribution in [0.25, 0.3) is 0 Å². The Morgan fingerprint density at radius 2 is 1.88 bits per heavy atom. The first kappa shape index (κ1) is 16.9. The predicted molar refractivity (Wildman–Crippen MR) is 101 cm³/mol. The van der Waals surface area contributed by atoms with Crippen molar-refractivity contribution >= 4 is 38.7 Å². The van der Waals surface area contributed by atoms with Crippen molar-refractivity contribution in [3.63, 3.8) is 0 Å². The largest absolute Gasteiger partial charge is 0.332 e. The number of sulfonamides is 1. The van der Waals surface area contributed by atoms with Crippen LogP contribution in [-0.2, 0) is 16.4 Å². The number of para-hydroxylation sites is 1. The maximum Gasteiger partial charge on any atom is 0.242 e. The summed E-state index contributed by atoms with van der Waals surface area (Å²) in [5.74, 6) is 0. The molecule has 0 aliphatic carbocycles. The highest BCUT2D eigenvalue weighted by Gasteiger charge is 2.25. The first-order chi connectivity index (χ1) is 11.4. The van der Waals surface area contributed by atoms with Crippen LogP contribution in [0.4, 0.5) is 11.4 Å². The summed E-state index contributed by atoms with van der Waals surface area (Å²) >= 11 is 5.51. The zero-order valence-corrected chi connectivity index (χ0v) is 15.2. The van der Waals surface area contributed by atoms with Gasteiger partial charge >= 0.3 is 0 Å². The molecule has 1 aliphatic rings. The molecule has 0 aromatic heterocycles. The minimum absolute atomic E-state index is 0.315. The molecule has 0 saturated heterocycles. The Morgan fingerprint density at radius 1 is 1.17 bits per heavy atom. The Hall–Kier alpha value is -1.96. The van der Waals surface area contributed by atoms with E-state index in [9.17, 15) is 8.42 Å². The fraction of sp³-hybridized carbons (Fsp3) is 0.235. The van der Waals surface area contributed by atoms with Gasteiger partial charge in [0, 0.05) is 32.0 Å². The van der Waals surface area contributed by atoms with Crippen molar-refractivity contribution in [2.45, 2.75) is 11.3 Å². The molecule has 0 radical (unpaired) electrons. The predicted octanol–water partition coefficient (Wildman–Crippen LogP) is 2.70. The third-order valence-electron chi connectivity index (χ3n) is 4.00. The van der Waals surface area contributed by atoms with Gasteiger partial charge in [-0.15, -0.1) is 0 Å². The van der Waals surface area contributed by atoms with Crippen molar-refractivity contribution in [2.24, 2.45) is 0 Å². The SMILES string of the molecule is CN(C)S(=O)(=O)c1ccc2c(c1)CCN2C(=S)Nc1ccccc1. The second-order valence-corrected chi connectivity index (χ2v) is 8.31. The van der Waals surface area contributed by atoms with E-state index in [1.54, 1.807) is 12.1 Å².